The topological polar surface area (TPSA) is 47.0 Å². The third kappa shape index (κ3) is 4.17. The number of benzene rings is 1. The van der Waals surface area contributed by atoms with Crippen molar-refractivity contribution < 1.29 is 4.74 Å². The molecule has 1 N–H and O–H groups in total. The molecule has 0 bridgehead atoms. The van der Waals surface area contributed by atoms with E-state index < -0.39 is 0 Å². The largest absolute Gasteiger partial charge is 0.437 e. The van der Waals surface area contributed by atoms with Crippen molar-refractivity contribution in [3.05, 3.63) is 39.0 Å². The van der Waals surface area contributed by atoms with Crippen LogP contribution < -0.4 is 10.1 Å². The monoisotopic (exact) mass is 413 g/mol. The van der Waals surface area contributed by atoms with Crippen molar-refractivity contribution in [2.45, 2.75) is 26.7 Å². The maximum absolute atomic E-state index is 5.98. The van der Waals surface area contributed by atoms with Crippen LogP contribution in [-0.4, -0.2) is 16.5 Å². The highest BCUT2D eigenvalue weighted by Crippen LogP contribution is 2.34. The van der Waals surface area contributed by atoms with Crippen LogP contribution in [0.1, 0.15) is 25.8 Å². The first kappa shape index (κ1) is 16.2. The average Bonchev–Trinajstić information content (AvgIpc) is 2.45. The van der Waals surface area contributed by atoms with Gasteiger partial charge >= 0.3 is 0 Å². The van der Waals surface area contributed by atoms with Gasteiger partial charge in [0.05, 0.1) is 10.0 Å². The Hall–Kier alpha value is -1.14. The molecule has 0 aliphatic carbocycles. The molecule has 2 aromatic rings. The minimum absolute atomic E-state index is 0.603. The molecule has 0 aliphatic rings. The summed E-state index contributed by atoms with van der Waals surface area (Å²) in [6, 6.07) is 5.78. The number of rotatable bonds is 6. The van der Waals surface area contributed by atoms with Gasteiger partial charge in [0.1, 0.15) is 17.9 Å². The second kappa shape index (κ2) is 7.75. The summed E-state index contributed by atoms with van der Waals surface area (Å²) in [6.45, 7) is 4.99. The summed E-state index contributed by atoms with van der Waals surface area (Å²) < 4.78 is 7.85. The minimum atomic E-state index is 0.603. The van der Waals surface area contributed by atoms with Crippen molar-refractivity contribution in [2.75, 3.05) is 11.9 Å². The maximum Gasteiger partial charge on any atom is 0.227 e. The lowest BCUT2D eigenvalue weighted by Gasteiger charge is -2.14. The predicted molar refractivity (Wildman–Crippen MR) is 92.1 cm³/mol. The Labute approximate surface area is 141 Å². The Bertz CT molecular complexity index is 620. The first-order valence-corrected chi connectivity index (χ1v) is 8.45. The number of aromatic nitrogens is 2. The van der Waals surface area contributed by atoms with Gasteiger partial charge in [-0.25, -0.2) is 9.97 Å². The molecule has 1 heterocycles. The Balaban J connectivity index is 2.36. The van der Waals surface area contributed by atoms with Gasteiger partial charge in [0.2, 0.25) is 5.88 Å². The first-order valence-electron chi connectivity index (χ1n) is 6.86. The van der Waals surface area contributed by atoms with Crippen LogP contribution in [0.25, 0.3) is 0 Å². The van der Waals surface area contributed by atoms with Crippen LogP contribution in [0.4, 0.5) is 5.82 Å². The summed E-state index contributed by atoms with van der Waals surface area (Å²) in [6.07, 6.45) is 3.40. The molecule has 6 heteroatoms. The van der Waals surface area contributed by atoms with Gasteiger partial charge in [-0.05, 0) is 47.5 Å². The van der Waals surface area contributed by atoms with Crippen LogP contribution in [0.15, 0.2) is 33.5 Å². The zero-order valence-corrected chi connectivity index (χ0v) is 15.2. The van der Waals surface area contributed by atoms with Gasteiger partial charge in [0.25, 0.3) is 0 Å². The lowest BCUT2D eigenvalue weighted by Crippen LogP contribution is -2.06. The lowest BCUT2D eigenvalue weighted by atomic mass is 10.1. The van der Waals surface area contributed by atoms with E-state index in [0.29, 0.717) is 5.88 Å². The molecule has 0 radical (unpaired) electrons. The van der Waals surface area contributed by atoms with E-state index in [4.69, 9.17) is 4.74 Å². The molecule has 0 saturated carbocycles. The summed E-state index contributed by atoms with van der Waals surface area (Å²) >= 11 is 6.94. The standard InChI is InChI=1S/C15H17Br2N3O/c1-3-5-11-14(18-4-2)19-9-20-15(11)21-13-7-6-10(16)8-12(13)17/h6-9H,3-5H2,1-2H3,(H,18,19,20). The molecule has 0 atom stereocenters. The Morgan fingerprint density at radius 3 is 2.67 bits per heavy atom. The summed E-state index contributed by atoms with van der Waals surface area (Å²) in [5, 5.41) is 3.26. The molecule has 4 nitrogen and oxygen atoms in total. The van der Waals surface area contributed by atoms with Gasteiger partial charge in [0.15, 0.2) is 0 Å². The fourth-order valence-corrected chi connectivity index (χ4v) is 3.07. The van der Waals surface area contributed by atoms with Crippen molar-refractivity contribution in [1.82, 2.24) is 9.97 Å². The van der Waals surface area contributed by atoms with E-state index in [9.17, 15) is 0 Å². The molecule has 2 rings (SSSR count). The number of hydrogen-bond acceptors (Lipinski definition) is 4. The van der Waals surface area contributed by atoms with Crippen molar-refractivity contribution in [2.24, 2.45) is 0 Å². The quantitative estimate of drug-likeness (QED) is 0.707. The Morgan fingerprint density at radius 1 is 1.19 bits per heavy atom. The molecule has 0 unspecified atom stereocenters. The molecule has 0 fully saturated rings. The van der Waals surface area contributed by atoms with Crippen LogP contribution >= 0.6 is 31.9 Å². The van der Waals surface area contributed by atoms with Crippen LogP contribution in [0.5, 0.6) is 11.6 Å². The third-order valence-corrected chi connectivity index (χ3v) is 3.96. The van der Waals surface area contributed by atoms with E-state index in [-0.39, 0.29) is 0 Å². The molecule has 21 heavy (non-hydrogen) atoms. The Morgan fingerprint density at radius 2 is 2.00 bits per heavy atom. The van der Waals surface area contributed by atoms with Gasteiger partial charge < -0.3 is 10.1 Å². The summed E-state index contributed by atoms with van der Waals surface area (Å²) in [4.78, 5) is 8.60. The summed E-state index contributed by atoms with van der Waals surface area (Å²) in [7, 11) is 0. The fourth-order valence-electron chi connectivity index (χ4n) is 1.94. The number of halogens is 2. The maximum atomic E-state index is 5.98. The minimum Gasteiger partial charge on any atom is -0.437 e. The number of nitrogens with zero attached hydrogens (tertiary/aromatic N) is 2. The zero-order chi connectivity index (χ0) is 15.2. The number of anilines is 1. The van der Waals surface area contributed by atoms with Crippen molar-refractivity contribution in [1.29, 1.82) is 0 Å². The number of ether oxygens (including phenoxy) is 1. The molecule has 0 saturated heterocycles. The van der Waals surface area contributed by atoms with E-state index >= 15 is 0 Å². The summed E-state index contributed by atoms with van der Waals surface area (Å²) in [5.41, 5.74) is 1.01. The number of hydrogen-bond donors (Lipinski definition) is 1. The van der Waals surface area contributed by atoms with Crippen LogP contribution in [0.3, 0.4) is 0 Å². The summed E-state index contributed by atoms with van der Waals surface area (Å²) in [5.74, 6) is 2.18. The van der Waals surface area contributed by atoms with E-state index in [1.165, 1.54) is 6.33 Å². The van der Waals surface area contributed by atoms with Crippen LogP contribution in [0.2, 0.25) is 0 Å². The highest BCUT2D eigenvalue weighted by molar-refractivity contribution is 9.11. The van der Waals surface area contributed by atoms with Gasteiger partial charge in [0, 0.05) is 11.0 Å². The predicted octanol–water partition coefficient (Wildman–Crippen LogP) is 5.18. The normalized spacial score (nSPS) is 10.5. The van der Waals surface area contributed by atoms with E-state index in [1.54, 1.807) is 0 Å². The van der Waals surface area contributed by atoms with Crippen LogP contribution in [-0.2, 0) is 6.42 Å². The van der Waals surface area contributed by atoms with E-state index in [1.807, 2.05) is 25.1 Å². The second-order valence-corrected chi connectivity index (χ2v) is 6.23. The molecular formula is C15H17Br2N3O. The molecule has 0 aliphatic heterocycles. The molecular weight excluding hydrogens is 398 g/mol. The highest BCUT2D eigenvalue weighted by atomic mass is 79.9. The number of nitrogens with one attached hydrogen (secondary N) is 1. The SMILES string of the molecule is CCCc1c(NCC)ncnc1Oc1ccc(Br)cc1Br. The smallest absolute Gasteiger partial charge is 0.227 e. The van der Waals surface area contributed by atoms with E-state index in [0.717, 1.165) is 45.5 Å². The molecule has 0 spiro atoms. The fraction of sp³-hybridized carbons (Fsp3) is 0.333. The lowest BCUT2D eigenvalue weighted by molar-refractivity contribution is 0.451. The molecule has 112 valence electrons. The van der Waals surface area contributed by atoms with Gasteiger partial charge in [-0.2, -0.15) is 0 Å². The molecule has 1 aromatic carbocycles. The van der Waals surface area contributed by atoms with Gasteiger partial charge in [-0.3, -0.25) is 0 Å². The first-order chi connectivity index (χ1) is 10.2. The molecule has 0 amide bonds. The van der Waals surface area contributed by atoms with Crippen molar-refractivity contribution in [3.8, 4) is 11.6 Å². The Kier molecular flexibility index (Phi) is 5.99. The average molecular weight is 415 g/mol. The van der Waals surface area contributed by atoms with Crippen molar-refractivity contribution >= 4 is 37.7 Å². The zero-order valence-electron chi connectivity index (χ0n) is 12.0. The van der Waals surface area contributed by atoms with E-state index in [2.05, 4.69) is 54.1 Å². The van der Waals surface area contributed by atoms with Gasteiger partial charge in [-0.15, -0.1) is 0 Å². The third-order valence-electron chi connectivity index (χ3n) is 2.85. The molecule has 1 aromatic heterocycles. The van der Waals surface area contributed by atoms with Crippen molar-refractivity contribution in [3.63, 3.8) is 0 Å². The van der Waals surface area contributed by atoms with Gasteiger partial charge in [-0.1, -0.05) is 29.3 Å². The highest BCUT2D eigenvalue weighted by Gasteiger charge is 2.13. The van der Waals surface area contributed by atoms with Crippen LogP contribution in [0, 0.1) is 0 Å². The second-order valence-electron chi connectivity index (χ2n) is 4.46.